The lowest BCUT2D eigenvalue weighted by Gasteiger charge is -2.10. The quantitative estimate of drug-likeness (QED) is 0.504. The molecule has 8 nitrogen and oxygen atoms in total. The summed E-state index contributed by atoms with van der Waals surface area (Å²) in [6, 6.07) is 15.0. The van der Waals surface area contributed by atoms with Crippen molar-refractivity contribution in [1.29, 1.82) is 5.26 Å². The molecule has 3 aromatic rings. The highest BCUT2D eigenvalue weighted by Crippen LogP contribution is 2.24. The number of rotatable bonds is 6. The van der Waals surface area contributed by atoms with Crippen LogP contribution < -0.4 is 16.2 Å². The number of ketones is 1. The van der Waals surface area contributed by atoms with Crippen LogP contribution in [-0.2, 0) is 9.59 Å². The zero-order valence-electron chi connectivity index (χ0n) is 16.7. The van der Waals surface area contributed by atoms with Gasteiger partial charge in [0, 0.05) is 27.9 Å². The van der Waals surface area contributed by atoms with Crippen molar-refractivity contribution < 1.29 is 9.59 Å². The minimum absolute atomic E-state index is 0.145. The molecule has 0 radical (unpaired) electrons. The minimum atomic E-state index is -0.704. The average molecular weight is 436 g/mol. The second kappa shape index (κ2) is 9.24. The normalized spacial score (nSPS) is 10.4. The highest BCUT2D eigenvalue weighted by Gasteiger charge is 2.18. The molecule has 0 spiro atoms. The maximum atomic E-state index is 12.4. The van der Waals surface area contributed by atoms with Crippen LogP contribution in [0.25, 0.3) is 11.3 Å². The highest BCUT2D eigenvalue weighted by atomic mass is 35.5. The van der Waals surface area contributed by atoms with Crippen LogP contribution in [0.3, 0.4) is 0 Å². The van der Waals surface area contributed by atoms with Gasteiger partial charge in [-0.1, -0.05) is 37.6 Å². The van der Waals surface area contributed by atoms with E-state index < -0.39 is 23.2 Å². The molecule has 0 aliphatic rings. The monoisotopic (exact) mass is 435 g/mol. The lowest BCUT2D eigenvalue weighted by Crippen LogP contribution is -2.26. The third kappa shape index (κ3) is 5.15. The summed E-state index contributed by atoms with van der Waals surface area (Å²) in [5.41, 5.74) is 0.993. The number of hydrogen-bond acceptors (Lipinski definition) is 6. The third-order valence-corrected chi connectivity index (χ3v) is 4.55. The van der Waals surface area contributed by atoms with E-state index in [4.69, 9.17) is 11.6 Å². The zero-order valence-corrected chi connectivity index (χ0v) is 17.4. The van der Waals surface area contributed by atoms with Gasteiger partial charge < -0.3 is 10.6 Å². The van der Waals surface area contributed by atoms with Crippen molar-refractivity contribution in [3.63, 3.8) is 0 Å². The van der Waals surface area contributed by atoms with Crippen LogP contribution in [0.4, 0.5) is 17.3 Å². The zero-order chi connectivity index (χ0) is 22.5. The van der Waals surface area contributed by atoms with Crippen molar-refractivity contribution in [3.8, 4) is 17.3 Å². The number of carbonyl (C=O) groups is 2. The minimum Gasteiger partial charge on any atom is -0.326 e. The average Bonchev–Trinajstić information content (AvgIpc) is 2.75. The molecule has 156 valence electrons. The van der Waals surface area contributed by atoms with Gasteiger partial charge in [0.1, 0.15) is 11.6 Å². The van der Waals surface area contributed by atoms with Gasteiger partial charge in [0.2, 0.25) is 11.7 Å². The Balaban J connectivity index is 1.90. The van der Waals surface area contributed by atoms with Gasteiger partial charge in [-0.15, -0.1) is 0 Å². The first-order chi connectivity index (χ1) is 14.8. The fourth-order valence-electron chi connectivity index (χ4n) is 2.68. The first kappa shape index (κ1) is 21.7. The van der Waals surface area contributed by atoms with Gasteiger partial charge in [0.15, 0.2) is 0 Å². The molecular weight excluding hydrogens is 418 g/mol. The van der Waals surface area contributed by atoms with Crippen molar-refractivity contribution in [2.75, 3.05) is 10.6 Å². The molecule has 1 amide bonds. The summed E-state index contributed by atoms with van der Waals surface area (Å²) in [6.07, 6.45) is 0. The van der Waals surface area contributed by atoms with E-state index in [1.807, 2.05) is 6.07 Å². The molecule has 0 aliphatic carbocycles. The largest absolute Gasteiger partial charge is 0.326 e. The molecule has 0 aliphatic heterocycles. The fraction of sp³-hybridized carbons (Fsp3) is 0.136. The number of hydrogen-bond donors (Lipinski definition) is 3. The Morgan fingerprint density at radius 2 is 1.68 bits per heavy atom. The first-order valence-electron chi connectivity index (χ1n) is 9.31. The Morgan fingerprint density at radius 3 is 2.26 bits per heavy atom. The van der Waals surface area contributed by atoms with E-state index in [1.165, 1.54) is 0 Å². The topological polar surface area (TPSA) is 128 Å². The molecular formula is C22H18ClN5O3. The molecule has 1 heterocycles. The second-order valence-corrected chi connectivity index (χ2v) is 7.37. The van der Waals surface area contributed by atoms with Crippen molar-refractivity contribution >= 4 is 40.6 Å². The summed E-state index contributed by atoms with van der Waals surface area (Å²) in [5, 5.41) is 15.5. The van der Waals surface area contributed by atoms with Crippen molar-refractivity contribution in [2.24, 2.45) is 5.92 Å². The molecule has 1 aromatic heterocycles. The van der Waals surface area contributed by atoms with Crippen LogP contribution >= 0.6 is 11.6 Å². The second-order valence-electron chi connectivity index (χ2n) is 6.93. The summed E-state index contributed by atoms with van der Waals surface area (Å²) < 4.78 is 0. The number of anilines is 3. The molecule has 0 atom stereocenters. The fourth-order valence-corrected chi connectivity index (χ4v) is 2.81. The summed E-state index contributed by atoms with van der Waals surface area (Å²) in [7, 11) is 0. The van der Waals surface area contributed by atoms with Crippen LogP contribution in [0.1, 0.15) is 19.4 Å². The van der Waals surface area contributed by atoms with Crippen LogP contribution in [0.5, 0.6) is 0 Å². The van der Waals surface area contributed by atoms with Gasteiger partial charge in [-0.05, 0) is 36.4 Å². The number of nitrogens with one attached hydrogen (secondary N) is 3. The predicted octanol–water partition coefficient (Wildman–Crippen LogP) is 3.87. The van der Waals surface area contributed by atoms with E-state index in [-0.39, 0.29) is 17.2 Å². The molecule has 3 rings (SSSR count). The van der Waals surface area contributed by atoms with Gasteiger partial charge in [0.25, 0.3) is 11.5 Å². The molecule has 9 heteroatoms. The molecule has 2 aromatic carbocycles. The lowest BCUT2D eigenvalue weighted by atomic mass is 10.1. The number of H-pyrrole nitrogens is 1. The number of carbonyl (C=O) groups excluding carboxylic acids is 2. The number of aromatic amines is 1. The molecule has 0 bridgehead atoms. The predicted molar refractivity (Wildman–Crippen MR) is 118 cm³/mol. The molecule has 3 N–H and O–H groups in total. The van der Waals surface area contributed by atoms with E-state index in [2.05, 4.69) is 20.6 Å². The lowest BCUT2D eigenvalue weighted by molar-refractivity contribution is -0.136. The van der Waals surface area contributed by atoms with E-state index in [1.54, 1.807) is 62.4 Å². The van der Waals surface area contributed by atoms with E-state index >= 15 is 0 Å². The number of halogens is 1. The Labute approximate surface area is 182 Å². The molecule has 0 saturated carbocycles. The summed E-state index contributed by atoms with van der Waals surface area (Å²) in [5.74, 6) is -1.49. The van der Waals surface area contributed by atoms with Crippen molar-refractivity contribution in [1.82, 2.24) is 9.97 Å². The number of nitrogens with zero attached hydrogens (tertiary/aromatic N) is 2. The number of aromatic nitrogens is 2. The van der Waals surface area contributed by atoms with Gasteiger partial charge in [0.05, 0.1) is 5.69 Å². The van der Waals surface area contributed by atoms with Crippen LogP contribution in [0.2, 0.25) is 5.02 Å². The van der Waals surface area contributed by atoms with Gasteiger partial charge >= 0.3 is 0 Å². The van der Waals surface area contributed by atoms with E-state index in [0.29, 0.717) is 22.0 Å². The molecule has 31 heavy (non-hydrogen) atoms. The van der Waals surface area contributed by atoms with Crippen molar-refractivity contribution in [2.45, 2.75) is 13.8 Å². The smallest absolute Gasteiger partial charge is 0.292 e. The van der Waals surface area contributed by atoms with Crippen LogP contribution in [0, 0.1) is 17.2 Å². The van der Waals surface area contributed by atoms with Gasteiger partial charge in [-0.3, -0.25) is 19.4 Å². The Morgan fingerprint density at radius 1 is 1.06 bits per heavy atom. The van der Waals surface area contributed by atoms with Crippen LogP contribution in [0.15, 0.2) is 53.3 Å². The summed E-state index contributed by atoms with van der Waals surface area (Å²) >= 11 is 5.88. The SMILES string of the molecule is CC(C)C(=O)C(=O)Nc1ccc(-c2nc(Nc3ccc(Cl)cc3)[nH]c(=O)c2C#N)cc1. The standard InChI is InChI=1S/C22H18ClN5O3/c1-12(2)19(29)21(31)25-15-7-3-13(4-8-15)18-17(11-24)20(30)28-22(27-18)26-16-9-5-14(23)6-10-16/h3-10,12H,1-2H3,(H,25,31)(H2,26,27,28,30). The van der Waals surface area contributed by atoms with Gasteiger partial charge in [-0.25, -0.2) is 4.98 Å². The number of amides is 1. The number of nitriles is 1. The molecule has 0 fully saturated rings. The van der Waals surface area contributed by atoms with Gasteiger partial charge in [-0.2, -0.15) is 5.26 Å². The maximum absolute atomic E-state index is 12.4. The van der Waals surface area contributed by atoms with Crippen LogP contribution in [-0.4, -0.2) is 21.7 Å². The number of benzene rings is 2. The van der Waals surface area contributed by atoms with Crippen molar-refractivity contribution in [3.05, 3.63) is 69.5 Å². The Hall–Kier alpha value is -3.96. The van der Waals surface area contributed by atoms with E-state index in [0.717, 1.165) is 0 Å². The Bertz CT molecular complexity index is 1230. The van der Waals surface area contributed by atoms with E-state index in [9.17, 15) is 19.6 Å². The molecule has 0 unspecified atom stereocenters. The third-order valence-electron chi connectivity index (χ3n) is 4.30. The first-order valence-corrected chi connectivity index (χ1v) is 9.69. The molecule has 0 saturated heterocycles. The summed E-state index contributed by atoms with van der Waals surface area (Å²) in [4.78, 5) is 43.0. The highest BCUT2D eigenvalue weighted by molar-refractivity contribution is 6.41. The Kier molecular flexibility index (Phi) is 6.48. The maximum Gasteiger partial charge on any atom is 0.292 e. The number of Topliss-reactive ketones (excluding diaryl/α,β-unsaturated/α-hetero) is 1. The summed E-state index contributed by atoms with van der Waals surface area (Å²) in [6.45, 7) is 3.28.